The van der Waals surface area contributed by atoms with E-state index in [9.17, 15) is 4.39 Å². The van der Waals surface area contributed by atoms with E-state index < -0.39 is 0 Å². The zero-order chi connectivity index (χ0) is 14.8. The van der Waals surface area contributed by atoms with Gasteiger partial charge in [-0.3, -0.25) is 4.90 Å². The number of aryl methyl sites for hydroxylation is 1. The topological polar surface area (TPSA) is 29.3 Å². The Hall–Kier alpha value is -0.930. The van der Waals surface area contributed by atoms with Crippen LogP contribution >= 0.6 is 0 Å². The Labute approximate surface area is 127 Å². The normalized spacial score (nSPS) is 28.1. The summed E-state index contributed by atoms with van der Waals surface area (Å²) in [5.41, 5.74) is 7.98. The zero-order valence-electron chi connectivity index (χ0n) is 13.0. The number of rotatable bonds is 3. The van der Waals surface area contributed by atoms with E-state index in [2.05, 4.69) is 4.90 Å². The van der Waals surface area contributed by atoms with Crippen molar-refractivity contribution in [2.75, 3.05) is 13.1 Å². The first-order chi connectivity index (χ1) is 10.2. The number of fused-ring (bicyclic) bond motifs is 1. The molecule has 0 bridgehead atoms. The summed E-state index contributed by atoms with van der Waals surface area (Å²) < 4.78 is 14.3. The van der Waals surface area contributed by atoms with Gasteiger partial charge in [0.05, 0.1) is 6.04 Å². The first kappa shape index (κ1) is 15.0. The van der Waals surface area contributed by atoms with Gasteiger partial charge in [0.25, 0.3) is 0 Å². The molecule has 3 rings (SSSR count). The van der Waals surface area contributed by atoms with E-state index in [-0.39, 0.29) is 11.9 Å². The molecule has 2 N–H and O–H groups in total. The van der Waals surface area contributed by atoms with Gasteiger partial charge in [-0.15, -0.1) is 0 Å². The van der Waals surface area contributed by atoms with E-state index in [1.807, 2.05) is 19.1 Å². The van der Waals surface area contributed by atoms with Crippen molar-refractivity contribution >= 4 is 0 Å². The molecule has 2 nitrogen and oxygen atoms in total. The van der Waals surface area contributed by atoms with Gasteiger partial charge in [0.15, 0.2) is 0 Å². The smallest absolute Gasteiger partial charge is 0.128 e. The lowest BCUT2D eigenvalue weighted by molar-refractivity contribution is 0.0265. The molecule has 3 atom stereocenters. The Kier molecular flexibility index (Phi) is 4.60. The summed E-state index contributed by atoms with van der Waals surface area (Å²) in [6, 6.07) is 6.07. The molecule has 21 heavy (non-hydrogen) atoms. The van der Waals surface area contributed by atoms with Crippen LogP contribution in [-0.4, -0.2) is 24.0 Å². The van der Waals surface area contributed by atoms with Crippen molar-refractivity contribution in [2.45, 2.75) is 57.5 Å². The van der Waals surface area contributed by atoms with Crippen LogP contribution in [0.1, 0.15) is 55.7 Å². The molecule has 0 spiro atoms. The monoisotopic (exact) mass is 290 g/mol. The van der Waals surface area contributed by atoms with Crippen LogP contribution in [0.3, 0.4) is 0 Å². The molecule has 1 aliphatic heterocycles. The fourth-order valence-corrected chi connectivity index (χ4v) is 4.41. The maximum absolute atomic E-state index is 14.3. The molecule has 1 saturated carbocycles. The van der Waals surface area contributed by atoms with Crippen LogP contribution in [0.15, 0.2) is 18.2 Å². The minimum atomic E-state index is -0.103. The van der Waals surface area contributed by atoms with Crippen LogP contribution in [-0.2, 0) is 0 Å². The maximum Gasteiger partial charge on any atom is 0.128 e. The first-order valence-electron chi connectivity index (χ1n) is 8.42. The summed E-state index contributed by atoms with van der Waals surface area (Å²) in [6.45, 7) is 3.59. The summed E-state index contributed by atoms with van der Waals surface area (Å²) in [7, 11) is 0. The molecule has 1 aliphatic carbocycles. The molecule has 2 aliphatic rings. The Morgan fingerprint density at radius 3 is 2.81 bits per heavy atom. The summed E-state index contributed by atoms with van der Waals surface area (Å²) in [4.78, 5) is 2.52. The second-order valence-corrected chi connectivity index (χ2v) is 6.77. The van der Waals surface area contributed by atoms with Crippen molar-refractivity contribution in [3.05, 3.63) is 35.1 Å². The number of nitrogens with zero attached hydrogens (tertiary/aromatic N) is 1. The quantitative estimate of drug-likeness (QED) is 0.917. The summed E-state index contributed by atoms with van der Waals surface area (Å²) in [6.07, 6.45) is 7.84. The molecule has 1 aromatic rings. The molecule has 1 aromatic carbocycles. The second-order valence-electron chi connectivity index (χ2n) is 6.77. The SMILES string of the molecule is Cc1ccc(F)c(C(CN)N2CCC[C@H]3CCCC[C@H]32)c1. The summed E-state index contributed by atoms with van der Waals surface area (Å²) >= 11 is 0. The Balaban J connectivity index is 1.89. The van der Waals surface area contributed by atoms with Gasteiger partial charge in [-0.2, -0.15) is 0 Å². The van der Waals surface area contributed by atoms with E-state index in [0.29, 0.717) is 12.6 Å². The molecule has 3 heteroatoms. The zero-order valence-corrected chi connectivity index (χ0v) is 13.0. The molecule has 2 fully saturated rings. The van der Waals surface area contributed by atoms with Crippen LogP contribution in [0.5, 0.6) is 0 Å². The summed E-state index contributed by atoms with van der Waals surface area (Å²) in [5.74, 6) is 0.698. The fourth-order valence-electron chi connectivity index (χ4n) is 4.41. The highest BCUT2D eigenvalue weighted by Gasteiger charge is 2.37. The molecule has 1 saturated heterocycles. The molecular weight excluding hydrogens is 263 g/mol. The minimum absolute atomic E-state index is 0.0378. The van der Waals surface area contributed by atoms with Gasteiger partial charge < -0.3 is 5.73 Å². The third kappa shape index (κ3) is 3.00. The van der Waals surface area contributed by atoms with Crippen molar-refractivity contribution < 1.29 is 4.39 Å². The lowest BCUT2D eigenvalue weighted by atomic mass is 9.77. The molecule has 0 aromatic heterocycles. The third-order valence-electron chi connectivity index (χ3n) is 5.42. The number of benzene rings is 1. The van der Waals surface area contributed by atoms with Gasteiger partial charge in [-0.1, -0.05) is 30.5 Å². The van der Waals surface area contributed by atoms with Gasteiger partial charge in [-0.25, -0.2) is 4.39 Å². The van der Waals surface area contributed by atoms with Crippen molar-refractivity contribution in [3.63, 3.8) is 0 Å². The standard InChI is InChI=1S/C18H27FN2/c1-13-8-9-16(19)15(11-13)18(12-20)21-10-4-6-14-5-2-3-7-17(14)21/h8-9,11,14,17-18H,2-7,10,12,20H2,1H3/t14-,17-,18?/m1/s1. The van der Waals surface area contributed by atoms with E-state index in [1.165, 1.54) is 38.5 Å². The average Bonchev–Trinajstić information content (AvgIpc) is 2.51. The lowest BCUT2D eigenvalue weighted by Crippen LogP contribution is -2.50. The van der Waals surface area contributed by atoms with Crippen LogP contribution in [0.4, 0.5) is 4.39 Å². The number of nitrogens with two attached hydrogens (primary N) is 1. The average molecular weight is 290 g/mol. The highest BCUT2D eigenvalue weighted by atomic mass is 19.1. The fraction of sp³-hybridized carbons (Fsp3) is 0.667. The molecule has 1 unspecified atom stereocenters. The van der Waals surface area contributed by atoms with E-state index in [1.54, 1.807) is 6.07 Å². The molecule has 116 valence electrons. The molecule has 0 radical (unpaired) electrons. The van der Waals surface area contributed by atoms with Gasteiger partial charge in [0.1, 0.15) is 5.82 Å². The van der Waals surface area contributed by atoms with E-state index >= 15 is 0 Å². The maximum atomic E-state index is 14.3. The van der Waals surface area contributed by atoms with Crippen LogP contribution < -0.4 is 5.73 Å². The van der Waals surface area contributed by atoms with Gasteiger partial charge in [0, 0.05) is 18.2 Å². The van der Waals surface area contributed by atoms with E-state index in [4.69, 9.17) is 5.73 Å². The van der Waals surface area contributed by atoms with Gasteiger partial charge >= 0.3 is 0 Å². The number of piperidine rings is 1. The Morgan fingerprint density at radius 2 is 2.00 bits per heavy atom. The van der Waals surface area contributed by atoms with Crippen molar-refractivity contribution in [3.8, 4) is 0 Å². The van der Waals surface area contributed by atoms with Gasteiger partial charge in [0.2, 0.25) is 0 Å². The number of likely N-dealkylation sites (tertiary alicyclic amines) is 1. The van der Waals surface area contributed by atoms with Crippen molar-refractivity contribution in [1.82, 2.24) is 4.90 Å². The largest absolute Gasteiger partial charge is 0.329 e. The van der Waals surface area contributed by atoms with Crippen LogP contribution in [0, 0.1) is 18.7 Å². The van der Waals surface area contributed by atoms with E-state index in [0.717, 1.165) is 23.6 Å². The van der Waals surface area contributed by atoms with Crippen LogP contribution in [0.2, 0.25) is 0 Å². The van der Waals surface area contributed by atoms with Crippen LogP contribution in [0.25, 0.3) is 0 Å². The van der Waals surface area contributed by atoms with Crippen molar-refractivity contribution in [1.29, 1.82) is 0 Å². The number of halogens is 1. The number of hydrogen-bond acceptors (Lipinski definition) is 2. The van der Waals surface area contributed by atoms with Crippen molar-refractivity contribution in [2.24, 2.45) is 11.7 Å². The molecular formula is C18H27FN2. The molecule has 0 amide bonds. The summed E-state index contributed by atoms with van der Waals surface area (Å²) in [5, 5.41) is 0. The predicted molar refractivity (Wildman–Crippen MR) is 84.6 cm³/mol. The highest BCUT2D eigenvalue weighted by molar-refractivity contribution is 5.27. The molecule has 1 heterocycles. The predicted octanol–water partition coefficient (Wildman–Crippen LogP) is 3.79. The Morgan fingerprint density at radius 1 is 1.24 bits per heavy atom. The third-order valence-corrected chi connectivity index (χ3v) is 5.42. The lowest BCUT2D eigenvalue weighted by Gasteiger charge is -2.47. The second kappa shape index (κ2) is 6.45. The highest BCUT2D eigenvalue weighted by Crippen LogP contribution is 2.39. The number of hydrogen-bond donors (Lipinski definition) is 1. The van der Waals surface area contributed by atoms with Gasteiger partial charge in [-0.05, 0) is 51.1 Å². The first-order valence-corrected chi connectivity index (χ1v) is 8.42. The minimum Gasteiger partial charge on any atom is -0.329 e. The Bertz CT molecular complexity index is 486.